The maximum absolute atomic E-state index is 12.7. The molecule has 3 aromatic rings. The van der Waals surface area contributed by atoms with Gasteiger partial charge in [0.2, 0.25) is 5.82 Å². The van der Waals surface area contributed by atoms with E-state index < -0.39 is 12.3 Å². The number of hydrogen-bond acceptors (Lipinski definition) is 5. The Bertz CT molecular complexity index is 945. The molecular weight excluding hydrogens is 368 g/mol. The van der Waals surface area contributed by atoms with E-state index in [4.69, 9.17) is 4.74 Å². The first-order valence-corrected chi connectivity index (χ1v) is 8.83. The summed E-state index contributed by atoms with van der Waals surface area (Å²) >= 11 is 0. The number of likely N-dealkylation sites (tertiary alicyclic amines) is 1. The molecule has 4 rings (SSSR count). The van der Waals surface area contributed by atoms with Crippen LogP contribution in [0.4, 0.5) is 8.78 Å². The number of carbonyl (C=O) groups is 1. The number of benzene rings is 2. The standard InChI is InChI=1S/C20H17F2N3O3/c21-17(22)19-23-18(24-28-19)13-6-8-14(9-7-13)20(26)25-11-10-16(12-25)27-15-4-2-1-3-5-15/h1-9,16-17H,10-12H2/t16-/m1/s1. The van der Waals surface area contributed by atoms with Gasteiger partial charge in [-0.3, -0.25) is 4.79 Å². The molecule has 1 saturated heterocycles. The smallest absolute Gasteiger partial charge is 0.315 e. The molecule has 8 heteroatoms. The van der Waals surface area contributed by atoms with Gasteiger partial charge in [0.05, 0.1) is 6.54 Å². The number of rotatable bonds is 5. The van der Waals surface area contributed by atoms with Crippen LogP contribution < -0.4 is 4.74 Å². The molecule has 1 aliphatic rings. The molecule has 0 aliphatic carbocycles. The number of hydrogen-bond donors (Lipinski definition) is 0. The first-order valence-electron chi connectivity index (χ1n) is 8.83. The van der Waals surface area contributed by atoms with E-state index in [1.165, 1.54) is 0 Å². The molecule has 144 valence electrons. The van der Waals surface area contributed by atoms with E-state index in [0.29, 0.717) is 24.2 Å². The van der Waals surface area contributed by atoms with Gasteiger partial charge in [-0.05, 0) is 24.3 Å². The van der Waals surface area contributed by atoms with Crippen molar-refractivity contribution in [3.8, 4) is 17.1 Å². The van der Waals surface area contributed by atoms with Crippen LogP contribution in [0.1, 0.15) is 29.1 Å². The number of nitrogens with zero attached hydrogens (tertiary/aromatic N) is 3. The number of ether oxygens (including phenoxy) is 1. The summed E-state index contributed by atoms with van der Waals surface area (Å²) in [6.45, 7) is 1.12. The summed E-state index contributed by atoms with van der Waals surface area (Å²) in [6.07, 6.45) is -2.10. The van der Waals surface area contributed by atoms with Gasteiger partial charge < -0.3 is 14.2 Å². The highest BCUT2D eigenvalue weighted by Gasteiger charge is 2.28. The number of aromatic nitrogens is 2. The molecular formula is C20H17F2N3O3. The van der Waals surface area contributed by atoms with Gasteiger partial charge in [-0.15, -0.1) is 0 Å². The van der Waals surface area contributed by atoms with Gasteiger partial charge in [0.1, 0.15) is 11.9 Å². The summed E-state index contributed by atoms with van der Waals surface area (Å²) < 4.78 is 35.5. The zero-order valence-electron chi connectivity index (χ0n) is 14.8. The van der Waals surface area contributed by atoms with E-state index in [9.17, 15) is 13.6 Å². The highest BCUT2D eigenvalue weighted by molar-refractivity contribution is 5.94. The van der Waals surface area contributed by atoms with E-state index in [2.05, 4.69) is 14.7 Å². The minimum atomic E-state index is -2.82. The predicted molar refractivity (Wildman–Crippen MR) is 96.1 cm³/mol. The highest BCUT2D eigenvalue weighted by Crippen LogP contribution is 2.23. The van der Waals surface area contributed by atoms with Crippen molar-refractivity contribution in [3.63, 3.8) is 0 Å². The lowest BCUT2D eigenvalue weighted by atomic mass is 10.1. The quantitative estimate of drug-likeness (QED) is 0.665. The van der Waals surface area contributed by atoms with E-state index in [0.717, 1.165) is 12.2 Å². The van der Waals surface area contributed by atoms with E-state index in [1.54, 1.807) is 29.2 Å². The zero-order chi connectivity index (χ0) is 19.5. The van der Waals surface area contributed by atoms with Crippen LogP contribution in [0.2, 0.25) is 0 Å². The lowest BCUT2D eigenvalue weighted by molar-refractivity contribution is 0.0772. The van der Waals surface area contributed by atoms with Crippen molar-refractivity contribution in [2.24, 2.45) is 0 Å². The molecule has 0 saturated carbocycles. The maximum Gasteiger partial charge on any atom is 0.315 e. The Morgan fingerprint density at radius 1 is 1.14 bits per heavy atom. The van der Waals surface area contributed by atoms with Crippen LogP contribution in [0.25, 0.3) is 11.4 Å². The van der Waals surface area contributed by atoms with Crippen molar-refractivity contribution in [3.05, 3.63) is 66.1 Å². The monoisotopic (exact) mass is 385 g/mol. The van der Waals surface area contributed by atoms with Gasteiger partial charge in [-0.25, -0.2) is 0 Å². The highest BCUT2D eigenvalue weighted by atomic mass is 19.3. The number of carbonyl (C=O) groups excluding carboxylic acids is 1. The van der Waals surface area contributed by atoms with Crippen LogP contribution in [-0.4, -0.2) is 40.1 Å². The lowest BCUT2D eigenvalue weighted by Gasteiger charge is -2.17. The average Bonchev–Trinajstić information content (AvgIpc) is 3.38. The maximum atomic E-state index is 12.7. The molecule has 1 amide bonds. The molecule has 0 unspecified atom stereocenters. The molecule has 1 aliphatic heterocycles. The van der Waals surface area contributed by atoms with Crippen molar-refractivity contribution in [1.82, 2.24) is 15.0 Å². The van der Waals surface area contributed by atoms with Crippen molar-refractivity contribution >= 4 is 5.91 Å². The average molecular weight is 385 g/mol. The summed E-state index contributed by atoms with van der Waals surface area (Å²) in [5.41, 5.74) is 1.00. The van der Waals surface area contributed by atoms with Gasteiger partial charge in [-0.1, -0.05) is 35.5 Å². The number of alkyl halides is 2. The molecule has 1 aromatic heterocycles. The van der Waals surface area contributed by atoms with Crippen molar-refractivity contribution in [1.29, 1.82) is 0 Å². The van der Waals surface area contributed by atoms with Gasteiger partial charge in [-0.2, -0.15) is 13.8 Å². The normalized spacial score (nSPS) is 16.5. The SMILES string of the molecule is O=C(c1ccc(-c2noc(C(F)F)n2)cc1)N1CC[C@@H](Oc2ccccc2)C1. The number of para-hydroxylation sites is 1. The van der Waals surface area contributed by atoms with Gasteiger partial charge in [0, 0.05) is 24.1 Å². The molecule has 0 spiro atoms. The summed E-state index contributed by atoms with van der Waals surface area (Å²) in [7, 11) is 0. The van der Waals surface area contributed by atoms with Crippen molar-refractivity contribution in [2.45, 2.75) is 19.0 Å². The van der Waals surface area contributed by atoms with Crippen LogP contribution >= 0.6 is 0 Å². The molecule has 6 nitrogen and oxygen atoms in total. The molecule has 1 fully saturated rings. The largest absolute Gasteiger partial charge is 0.489 e. The van der Waals surface area contributed by atoms with Crippen LogP contribution in [0.3, 0.4) is 0 Å². The molecule has 2 heterocycles. The Balaban J connectivity index is 1.39. The first kappa shape index (κ1) is 18.1. The van der Waals surface area contributed by atoms with Crippen LogP contribution in [0.15, 0.2) is 59.1 Å². The second kappa shape index (κ2) is 7.75. The molecule has 0 radical (unpaired) electrons. The molecule has 1 atom stereocenters. The van der Waals surface area contributed by atoms with Crippen LogP contribution in [-0.2, 0) is 0 Å². The Morgan fingerprint density at radius 2 is 1.89 bits per heavy atom. The number of amides is 1. The van der Waals surface area contributed by atoms with Gasteiger partial charge in [0.25, 0.3) is 11.8 Å². The summed E-state index contributed by atoms with van der Waals surface area (Å²) in [5.74, 6) is 0.0185. The van der Waals surface area contributed by atoms with Crippen molar-refractivity contribution in [2.75, 3.05) is 13.1 Å². The summed E-state index contributed by atoms with van der Waals surface area (Å²) in [6, 6.07) is 16.0. The third kappa shape index (κ3) is 3.85. The predicted octanol–water partition coefficient (Wildman–Crippen LogP) is 3.97. The summed E-state index contributed by atoms with van der Waals surface area (Å²) in [5, 5.41) is 3.53. The van der Waals surface area contributed by atoms with Gasteiger partial charge in [0.15, 0.2) is 0 Å². The fourth-order valence-electron chi connectivity index (χ4n) is 3.09. The third-order valence-corrected chi connectivity index (χ3v) is 4.50. The van der Waals surface area contributed by atoms with E-state index in [1.807, 2.05) is 30.3 Å². The van der Waals surface area contributed by atoms with E-state index in [-0.39, 0.29) is 17.8 Å². The number of halogens is 2. The molecule has 0 N–H and O–H groups in total. The summed E-state index contributed by atoms with van der Waals surface area (Å²) in [4.78, 5) is 18.1. The minimum Gasteiger partial charge on any atom is -0.489 e. The molecule has 2 aromatic carbocycles. The van der Waals surface area contributed by atoms with Crippen LogP contribution in [0, 0.1) is 0 Å². The second-order valence-corrected chi connectivity index (χ2v) is 6.43. The Morgan fingerprint density at radius 3 is 2.57 bits per heavy atom. The topological polar surface area (TPSA) is 68.5 Å². The minimum absolute atomic E-state index is 0.0438. The van der Waals surface area contributed by atoms with Gasteiger partial charge >= 0.3 is 6.43 Å². The Labute approximate surface area is 159 Å². The Hall–Kier alpha value is -3.29. The zero-order valence-corrected chi connectivity index (χ0v) is 14.8. The lowest BCUT2D eigenvalue weighted by Crippen LogP contribution is -2.30. The third-order valence-electron chi connectivity index (χ3n) is 4.50. The second-order valence-electron chi connectivity index (χ2n) is 6.43. The van der Waals surface area contributed by atoms with Crippen molar-refractivity contribution < 1.29 is 22.8 Å². The fraction of sp³-hybridized carbons (Fsp3) is 0.250. The van der Waals surface area contributed by atoms with Crippen LogP contribution in [0.5, 0.6) is 5.75 Å². The first-order chi connectivity index (χ1) is 13.6. The Kier molecular flexibility index (Phi) is 5.01. The fourth-order valence-corrected chi connectivity index (χ4v) is 3.09. The molecule has 28 heavy (non-hydrogen) atoms. The molecule has 0 bridgehead atoms. The van der Waals surface area contributed by atoms with E-state index >= 15 is 0 Å².